The summed E-state index contributed by atoms with van der Waals surface area (Å²) in [6.07, 6.45) is 0.885. The molecule has 0 atom stereocenters. The van der Waals surface area contributed by atoms with E-state index in [-0.39, 0.29) is 0 Å². The third kappa shape index (κ3) is 2.04. The van der Waals surface area contributed by atoms with Gasteiger partial charge in [-0.3, -0.25) is 0 Å². The Bertz CT molecular complexity index is 187. The monoisotopic (exact) mass is 206 g/mol. The molecule has 0 saturated carbocycles. The second-order valence-electron chi connectivity index (χ2n) is 1.60. The van der Waals surface area contributed by atoms with Crippen molar-refractivity contribution in [1.82, 2.24) is 4.98 Å². The number of aromatic nitrogens is 1. The van der Waals surface area contributed by atoms with Crippen molar-refractivity contribution in [3.05, 3.63) is 15.0 Å². The molecule has 0 saturated heterocycles. The molecular weight excluding hydrogens is 200 g/mol. The van der Waals surface area contributed by atoms with E-state index in [1.54, 1.807) is 11.3 Å². The van der Waals surface area contributed by atoms with Gasteiger partial charge in [-0.15, -0.1) is 11.3 Å². The van der Waals surface area contributed by atoms with Gasteiger partial charge in [-0.05, 0) is 22.5 Å². The molecular formula is C5H7BrN2S. The van der Waals surface area contributed by atoms with Gasteiger partial charge >= 0.3 is 0 Å². The number of halogens is 1. The van der Waals surface area contributed by atoms with Crippen molar-refractivity contribution in [3.8, 4) is 0 Å². The van der Waals surface area contributed by atoms with Crippen LogP contribution in [0.5, 0.6) is 0 Å². The first-order valence-corrected chi connectivity index (χ1v) is 4.30. The summed E-state index contributed by atoms with van der Waals surface area (Å²) in [7, 11) is 0. The van der Waals surface area contributed by atoms with Gasteiger partial charge in [-0.25, -0.2) is 4.98 Å². The Morgan fingerprint density at radius 2 is 2.56 bits per heavy atom. The average molecular weight is 207 g/mol. The van der Waals surface area contributed by atoms with Gasteiger partial charge in [0.25, 0.3) is 0 Å². The van der Waals surface area contributed by atoms with Crippen LogP contribution >= 0.6 is 27.3 Å². The smallest absolute Gasteiger partial charge is 0.117 e. The number of thiazole rings is 1. The lowest BCUT2D eigenvalue weighted by molar-refractivity contribution is 0.949. The van der Waals surface area contributed by atoms with Crippen molar-refractivity contribution in [2.45, 2.75) is 6.42 Å². The van der Waals surface area contributed by atoms with Crippen LogP contribution in [0.25, 0.3) is 0 Å². The number of rotatable bonds is 2. The second kappa shape index (κ2) is 3.29. The van der Waals surface area contributed by atoms with Gasteiger partial charge in [0.15, 0.2) is 0 Å². The minimum atomic E-state index is 0.681. The highest BCUT2D eigenvalue weighted by Gasteiger charge is 1.95. The predicted octanol–water partition coefficient (Wildman–Crippen LogP) is 1.41. The van der Waals surface area contributed by atoms with E-state index in [0.29, 0.717) is 6.54 Å². The Morgan fingerprint density at radius 1 is 1.78 bits per heavy atom. The maximum absolute atomic E-state index is 5.32. The Hall–Kier alpha value is 0.0700. The molecule has 0 bridgehead atoms. The van der Waals surface area contributed by atoms with Crippen LogP contribution in [-0.2, 0) is 6.42 Å². The van der Waals surface area contributed by atoms with Gasteiger partial charge < -0.3 is 5.73 Å². The zero-order chi connectivity index (χ0) is 6.69. The molecule has 4 heteroatoms. The molecule has 1 rings (SSSR count). The van der Waals surface area contributed by atoms with Crippen molar-refractivity contribution in [2.24, 2.45) is 5.73 Å². The van der Waals surface area contributed by atoms with Gasteiger partial charge in [0.1, 0.15) is 4.60 Å². The zero-order valence-electron chi connectivity index (χ0n) is 4.80. The van der Waals surface area contributed by atoms with E-state index in [0.717, 1.165) is 16.0 Å². The van der Waals surface area contributed by atoms with Crippen molar-refractivity contribution in [1.29, 1.82) is 0 Å². The lowest BCUT2D eigenvalue weighted by atomic mass is 10.5. The summed E-state index contributed by atoms with van der Waals surface area (Å²) in [6.45, 7) is 0.681. The SMILES string of the molecule is NCCc1nc(Br)cs1. The van der Waals surface area contributed by atoms with Gasteiger partial charge in [0, 0.05) is 11.8 Å². The summed E-state index contributed by atoms with van der Waals surface area (Å²) in [5.41, 5.74) is 5.32. The average Bonchev–Trinajstić information content (AvgIpc) is 2.17. The van der Waals surface area contributed by atoms with Crippen LogP contribution in [-0.4, -0.2) is 11.5 Å². The fourth-order valence-electron chi connectivity index (χ4n) is 0.527. The number of nitrogens with two attached hydrogens (primary N) is 1. The summed E-state index contributed by atoms with van der Waals surface area (Å²) in [5.74, 6) is 0. The van der Waals surface area contributed by atoms with Crippen molar-refractivity contribution >= 4 is 27.3 Å². The van der Waals surface area contributed by atoms with E-state index in [4.69, 9.17) is 5.73 Å². The van der Waals surface area contributed by atoms with Crippen LogP contribution in [0.1, 0.15) is 5.01 Å². The van der Waals surface area contributed by atoms with Crippen LogP contribution < -0.4 is 5.73 Å². The molecule has 2 N–H and O–H groups in total. The molecule has 0 radical (unpaired) electrons. The fourth-order valence-corrected chi connectivity index (χ4v) is 1.81. The lowest BCUT2D eigenvalue weighted by Gasteiger charge is -1.85. The molecule has 0 aliphatic rings. The summed E-state index contributed by atoms with van der Waals surface area (Å²) in [4.78, 5) is 4.16. The second-order valence-corrected chi connectivity index (χ2v) is 3.36. The first-order chi connectivity index (χ1) is 4.33. The quantitative estimate of drug-likeness (QED) is 0.796. The van der Waals surface area contributed by atoms with E-state index < -0.39 is 0 Å². The van der Waals surface area contributed by atoms with E-state index in [1.807, 2.05) is 5.38 Å². The molecule has 0 aromatic carbocycles. The maximum atomic E-state index is 5.32. The topological polar surface area (TPSA) is 38.9 Å². The van der Waals surface area contributed by atoms with Gasteiger partial charge in [-0.2, -0.15) is 0 Å². The van der Waals surface area contributed by atoms with Crippen molar-refractivity contribution in [2.75, 3.05) is 6.54 Å². The van der Waals surface area contributed by atoms with Crippen molar-refractivity contribution in [3.63, 3.8) is 0 Å². The third-order valence-corrected chi connectivity index (χ3v) is 2.50. The molecule has 1 aromatic heterocycles. The minimum Gasteiger partial charge on any atom is -0.330 e. The first kappa shape index (κ1) is 7.18. The third-order valence-electron chi connectivity index (χ3n) is 0.882. The summed E-state index contributed by atoms with van der Waals surface area (Å²) in [5, 5.41) is 3.06. The highest BCUT2D eigenvalue weighted by molar-refractivity contribution is 9.10. The van der Waals surface area contributed by atoms with Crippen molar-refractivity contribution < 1.29 is 0 Å². The van der Waals surface area contributed by atoms with E-state index in [9.17, 15) is 0 Å². The number of hydrogen-bond acceptors (Lipinski definition) is 3. The van der Waals surface area contributed by atoms with E-state index >= 15 is 0 Å². The van der Waals surface area contributed by atoms with E-state index in [2.05, 4.69) is 20.9 Å². The molecule has 1 aromatic rings. The molecule has 9 heavy (non-hydrogen) atoms. The number of nitrogens with zero attached hydrogens (tertiary/aromatic N) is 1. The summed E-state index contributed by atoms with van der Waals surface area (Å²) in [6, 6.07) is 0. The lowest BCUT2D eigenvalue weighted by Crippen LogP contribution is -2.01. The molecule has 0 aliphatic carbocycles. The standard InChI is InChI=1S/C5H7BrN2S/c6-4-3-9-5(8-4)1-2-7/h3H,1-2,7H2. The van der Waals surface area contributed by atoms with Gasteiger partial charge in [0.2, 0.25) is 0 Å². The highest BCUT2D eigenvalue weighted by atomic mass is 79.9. The van der Waals surface area contributed by atoms with Crippen LogP contribution in [0.4, 0.5) is 0 Å². The predicted molar refractivity (Wildman–Crippen MR) is 42.6 cm³/mol. The molecule has 0 aliphatic heterocycles. The normalized spacial score (nSPS) is 10.0. The molecule has 0 fully saturated rings. The molecule has 1 heterocycles. The van der Waals surface area contributed by atoms with Crippen LogP contribution in [0, 0.1) is 0 Å². The summed E-state index contributed by atoms with van der Waals surface area (Å²) >= 11 is 4.90. The maximum Gasteiger partial charge on any atom is 0.117 e. The Labute approximate surface area is 66.2 Å². The molecule has 50 valence electrons. The fraction of sp³-hybridized carbons (Fsp3) is 0.400. The van der Waals surface area contributed by atoms with Crippen LogP contribution in [0.2, 0.25) is 0 Å². The Balaban J connectivity index is 2.61. The van der Waals surface area contributed by atoms with Crippen LogP contribution in [0.15, 0.2) is 9.98 Å². The van der Waals surface area contributed by atoms with Gasteiger partial charge in [-0.1, -0.05) is 0 Å². The van der Waals surface area contributed by atoms with Gasteiger partial charge in [0.05, 0.1) is 5.01 Å². The van der Waals surface area contributed by atoms with E-state index in [1.165, 1.54) is 0 Å². The Morgan fingerprint density at radius 3 is 3.00 bits per heavy atom. The molecule has 0 spiro atoms. The van der Waals surface area contributed by atoms with Crippen LogP contribution in [0.3, 0.4) is 0 Å². The number of hydrogen-bond donors (Lipinski definition) is 1. The highest BCUT2D eigenvalue weighted by Crippen LogP contribution is 2.14. The summed E-state index contributed by atoms with van der Waals surface area (Å²) < 4.78 is 0.913. The largest absolute Gasteiger partial charge is 0.330 e. The zero-order valence-corrected chi connectivity index (χ0v) is 7.20. The molecule has 0 amide bonds. The first-order valence-electron chi connectivity index (χ1n) is 2.63. The molecule has 0 unspecified atom stereocenters. The minimum absolute atomic E-state index is 0.681. The molecule has 2 nitrogen and oxygen atoms in total. The Kier molecular flexibility index (Phi) is 2.63.